The van der Waals surface area contributed by atoms with E-state index in [9.17, 15) is 50.3 Å². The van der Waals surface area contributed by atoms with Crippen molar-refractivity contribution in [3.8, 4) is 23.0 Å². The molecule has 0 aromatic heterocycles. The lowest BCUT2D eigenvalue weighted by Gasteiger charge is -2.03. The molecule has 5 aromatic rings. The molecule has 0 fully saturated rings. The molecule has 8 N–H and O–H groups in total. The van der Waals surface area contributed by atoms with Crippen LogP contribution in [0.4, 0.5) is 26.3 Å². The number of carbonyl (C=O) groups is 5. The molecule has 0 aliphatic carbocycles. The summed E-state index contributed by atoms with van der Waals surface area (Å²) in [6, 6.07) is 16.6. The number of nitrogens with two attached hydrogens (primary N) is 2. The largest absolute Gasteiger partial charge is 0.497 e. The van der Waals surface area contributed by atoms with Gasteiger partial charge in [-0.3, -0.25) is 9.59 Å². The fourth-order valence-corrected chi connectivity index (χ4v) is 3.99. The van der Waals surface area contributed by atoms with Gasteiger partial charge < -0.3 is 50.8 Å². The van der Waals surface area contributed by atoms with Gasteiger partial charge in [0.1, 0.15) is 63.5 Å². The van der Waals surface area contributed by atoms with Gasteiger partial charge in [0.25, 0.3) is 11.8 Å². The SMILES string of the molecule is CO.COc1cc(F)ccc1C(=O)O.COc1cc(F)ccc1C(N)=O.COc1ccc(C(=O)O)c(F)c1.COc1ccc(C(N)=O)c(F)c1.O=C(O)c1ccc(F)cc1F. The van der Waals surface area contributed by atoms with Crippen molar-refractivity contribution in [1.82, 2.24) is 0 Å². The summed E-state index contributed by atoms with van der Waals surface area (Å²) >= 11 is 0. The number of methoxy groups -OCH3 is 4. The van der Waals surface area contributed by atoms with E-state index in [1.807, 2.05) is 0 Å². The van der Waals surface area contributed by atoms with E-state index in [4.69, 9.17) is 46.1 Å². The zero-order valence-electron chi connectivity index (χ0n) is 32.5. The van der Waals surface area contributed by atoms with Gasteiger partial charge in [-0.2, -0.15) is 0 Å². The molecule has 15 nitrogen and oxygen atoms in total. The Bertz CT molecular complexity index is 2150. The molecule has 0 aliphatic heterocycles. The number of rotatable bonds is 9. The van der Waals surface area contributed by atoms with Gasteiger partial charge in [0.15, 0.2) is 0 Å². The lowest BCUT2D eigenvalue weighted by molar-refractivity contribution is 0.0680. The Morgan fingerprint density at radius 3 is 1.02 bits per heavy atom. The third kappa shape index (κ3) is 18.1. The Morgan fingerprint density at radius 2 is 0.705 bits per heavy atom. The highest BCUT2D eigenvalue weighted by Gasteiger charge is 2.13. The number of ether oxygens (including phenoxy) is 4. The summed E-state index contributed by atoms with van der Waals surface area (Å²) in [6.07, 6.45) is 0. The molecule has 21 heteroatoms. The van der Waals surface area contributed by atoms with E-state index in [-0.39, 0.29) is 33.8 Å². The quantitative estimate of drug-likeness (QED) is 0.0903. The van der Waals surface area contributed by atoms with Gasteiger partial charge in [0, 0.05) is 37.4 Å². The molecule has 0 aliphatic rings. The fraction of sp³-hybridized carbons (Fsp3) is 0.125. The number of carboxylic acids is 3. The summed E-state index contributed by atoms with van der Waals surface area (Å²) in [5.41, 5.74) is 9.02. The first-order valence-electron chi connectivity index (χ1n) is 16.2. The number of halogens is 6. The van der Waals surface area contributed by atoms with Gasteiger partial charge in [-0.05, 0) is 60.7 Å². The van der Waals surface area contributed by atoms with E-state index in [0.717, 1.165) is 67.8 Å². The molecule has 0 spiro atoms. The molecule has 0 bridgehead atoms. The van der Waals surface area contributed by atoms with Crippen LogP contribution in [0.2, 0.25) is 0 Å². The number of aliphatic hydroxyl groups is 1. The molecule has 2 amide bonds. The van der Waals surface area contributed by atoms with Crippen molar-refractivity contribution in [2.24, 2.45) is 11.5 Å². The van der Waals surface area contributed by atoms with Crippen LogP contribution < -0.4 is 30.4 Å². The van der Waals surface area contributed by atoms with E-state index in [0.29, 0.717) is 17.6 Å². The zero-order chi connectivity index (χ0) is 47.0. The van der Waals surface area contributed by atoms with Crippen molar-refractivity contribution in [1.29, 1.82) is 0 Å². The summed E-state index contributed by atoms with van der Waals surface area (Å²) in [7, 11) is 6.44. The van der Waals surface area contributed by atoms with Gasteiger partial charge in [0.05, 0.1) is 50.7 Å². The Labute approximate surface area is 342 Å². The van der Waals surface area contributed by atoms with Gasteiger partial charge >= 0.3 is 17.9 Å². The van der Waals surface area contributed by atoms with Crippen LogP contribution in [0.3, 0.4) is 0 Å². The second-order valence-corrected chi connectivity index (χ2v) is 10.6. The zero-order valence-corrected chi connectivity index (χ0v) is 32.5. The number of benzene rings is 5. The number of aromatic carboxylic acids is 3. The minimum atomic E-state index is -1.40. The minimum absolute atomic E-state index is 0.0301. The molecule has 328 valence electrons. The van der Waals surface area contributed by atoms with Crippen LogP contribution in [0.25, 0.3) is 0 Å². The van der Waals surface area contributed by atoms with E-state index in [1.165, 1.54) is 52.7 Å². The van der Waals surface area contributed by atoms with Crippen LogP contribution in [-0.2, 0) is 0 Å². The second kappa shape index (κ2) is 27.0. The minimum Gasteiger partial charge on any atom is -0.497 e. The first kappa shape index (κ1) is 53.2. The molecular formula is C40H38F6N2O13. The molecule has 0 atom stereocenters. The monoisotopic (exact) mass is 868 g/mol. The third-order valence-electron chi connectivity index (χ3n) is 6.83. The average Bonchev–Trinajstić information content (AvgIpc) is 3.21. The topological polar surface area (TPSA) is 255 Å². The number of aliphatic hydroxyl groups excluding tert-OH is 1. The average molecular weight is 869 g/mol. The first-order valence-corrected chi connectivity index (χ1v) is 16.2. The molecule has 61 heavy (non-hydrogen) atoms. The highest BCUT2D eigenvalue weighted by Crippen LogP contribution is 2.20. The predicted molar refractivity (Wildman–Crippen MR) is 204 cm³/mol. The van der Waals surface area contributed by atoms with Crippen molar-refractivity contribution in [2.75, 3.05) is 35.5 Å². The fourth-order valence-electron chi connectivity index (χ4n) is 3.99. The van der Waals surface area contributed by atoms with E-state index >= 15 is 0 Å². The van der Waals surface area contributed by atoms with Gasteiger partial charge in [-0.1, -0.05) is 0 Å². The Kier molecular flexibility index (Phi) is 23.5. The Hall–Kier alpha value is -7.81. The van der Waals surface area contributed by atoms with Crippen LogP contribution in [0.15, 0.2) is 91.0 Å². The number of carbonyl (C=O) groups excluding carboxylic acids is 2. The highest BCUT2D eigenvalue weighted by molar-refractivity contribution is 5.95. The van der Waals surface area contributed by atoms with Crippen LogP contribution in [0.1, 0.15) is 51.8 Å². The lowest BCUT2D eigenvalue weighted by Crippen LogP contribution is -2.12. The summed E-state index contributed by atoms with van der Waals surface area (Å²) in [4.78, 5) is 52.3. The molecule has 5 aromatic carbocycles. The van der Waals surface area contributed by atoms with Crippen molar-refractivity contribution >= 4 is 29.7 Å². The predicted octanol–water partition coefficient (Wildman–Crippen LogP) is 6.20. The maximum atomic E-state index is 12.9. The van der Waals surface area contributed by atoms with Gasteiger partial charge in [-0.25, -0.2) is 40.7 Å². The molecule has 0 radical (unpaired) electrons. The molecule has 0 saturated heterocycles. The smallest absolute Gasteiger partial charge is 0.339 e. The Balaban J connectivity index is 0.000000730. The first-order chi connectivity index (χ1) is 28.7. The standard InChI is InChI=1S/2C8H8FNO2.2C8H7FO3.C7H4F2O2.CH4O/c1-12-5-2-3-6(8(10)11)7(9)4-5;1-12-7-4-5(9)2-3-6(7)8(10)11;1-12-5-2-3-6(8(10)11)7(9)4-5;1-12-7-4-5(9)2-3-6(7)8(10)11;8-4-1-2-5(7(10)11)6(9)3-4;1-2/h2*2-4H,1H3,(H2,10,11);2*2-4H,1H3,(H,10,11);1-3H,(H,10,11);2H,1H3. The van der Waals surface area contributed by atoms with E-state index in [1.54, 1.807) is 0 Å². The number of hydrogen-bond acceptors (Lipinski definition) is 10. The number of amides is 2. The van der Waals surface area contributed by atoms with Crippen molar-refractivity contribution in [3.63, 3.8) is 0 Å². The maximum absolute atomic E-state index is 12.9. The number of carboxylic acid groups (broad SMARTS) is 3. The normalized spacial score (nSPS) is 9.31. The maximum Gasteiger partial charge on any atom is 0.339 e. The van der Waals surface area contributed by atoms with E-state index in [2.05, 4.69) is 4.74 Å². The molecular weight excluding hydrogens is 830 g/mol. The van der Waals surface area contributed by atoms with Crippen molar-refractivity contribution < 1.29 is 89.7 Å². The van der Waals surface area contributed by atoms with Crippen LogP contribution in [-0.4, -0.2) is 85.7 Å². The summed E-state index contributed by atoms with van der Waals surface area (Å²) in [5, 5.41) is 32.3. The van der Waals surface area contributed by atoms with Gasteiger partial charge in [0.2, 0.25) is 0 Å². The number of primary amides is 2. The lowest BCUT2D eigenvalue weighted by atomic mass is 10.2. The Morgan fingerprint density at radius 1 is 0.410 bits per heavy atom. The summed E-state index contributed by atoms with van der Waals surface area (Å²) in [6.45, 7) is 0. The van der Waals surface area contributed by atoms with Crippen LogP contribution >= 0.6 is 0 Å². The summed E-state index contributed by atoms with van der Waals surface area (Å²) in [5.74, 6) is -8.66. The van der Waals surface area contributed by atoms with Crippen LogP contribution in [0.5, 0.6) is 23.0 Å². The highest BCUT2D eigenvalue weighted by atomic mass is 19.1. The van der Waals surface area contributed by atoms with Crippen molar-refractivity contribution in [3.05, 3.63) is 154 Å². The van der Waals surface area contributed by atoms with E-state index < -0.39 is 70.2 Å². The van der Waals surface area contributed by atoms with Crippen LogP contribution in [0, 0.1) is 34.9 Å². The molecule has 5 rings (SSSR count). The van der Waals surface area contributed by atoms with Crippen molar-refractivity contribution in [2.45, 2.75) is 0 Å². The molecule has 0 saturated carbocycles. The van der Waals surface area contributed by atoms with Gasteiger partial charge in [-0.15, -0.1) is 0 Å². The second-order valence-electron chi connectivity index (χ2n) is 10.6. The molecule has 0 heterocycles. The molecule has 0 unspecified atom stereocenters. The summed E-state index contributed by atoms with van der Waals surface area (Å²) < 4.78 is 94.3. The third-order valence-corrected chi connectivity index (χ3v) is 6.83. The number of hydrogen-bond donors (Lipinski definition) is 6.